The van der Waals surface area contributed by atoms with Crippen molar-refractivity contribution >= 4 is 50.2 Å². The lowest BCUT2D eigenvalue weighted by molar-refractivity contribution is -0.394. The molecule has 2 aromatic carbocycles. The predicted octanol–water partition coefficient (Wildman–Crippen LogP) is 4.70. The Hall–Kier alpha value is -4.45. The van der Waals surface area contributed by atoms with Crippen LogP contribution in [0.3, 0.4) is 0 Å². The number of carbonyl (C=O) groups is 1. The van der Waals surface area contributed by atoms with E-state index in [1.54, 1.807) is 18.2 Å². The topological polar surface area (TPSA) is 145 Å². The standard InChI is InChI=1S/C20H13N5O6S/c1-12-4-5-17-18(7-12)32-20(22-17)23(21-11-16-3-2-6-31-16)19(26)13-8-14(24(27)28)10-15(9-13)25(29)30/h2-11H,1H3/b21-11+. The maximum absolute atomic E-state index is 13.3. The van der Waals surface area contributed by atoms with Crippen LogP contribution in [-0.2, 0) is 0 Å². The maximum atomic E-state index is 13.3. The summed E-state index contributed by atoms with van der Waals surface area (Å²) in [6.07, 6.45) is 2.71. The van der Waals surface area contributed by atoms with Gasteiger partial charge >= 0.3 is 0 Å². The van der Waals surface area contributed by atoms with Crippen LogP contribution in [0.25, 0.3) is 10.2 Å². The number of benzene rings is 2. The number of nitrogens with zero attached hydrogens (tertiary/aromatic N) is 5. The maximum Gasteiger partial charge on any atom is 0.281 e. The summed E-state index contributed by atoms with van der Waals surface area (Å²) < 4.78 is 6.00. The van der Waals surface area contributed by atoms with E-state index in [1.165, 1.54) is 23.8 Å². The molecule has 0 fully saturated rings. The minimum absolute atomic E-state index is 0.188. The fraction of sp³-hybridized carbons (Fsp3) is 0.0500. The van der Waals surface area contributed by atoms with Crippen LogP contribution in [0.4, 0.5) is 16.5 Å². The third-order valence-corrected chi connectivity index (χ3v) is 5.31. The quantitative estimate of drug-likeness (QED) is 0.235. The Balaban J connectivity index is 1.83. The molecule has 1 amide bonds. The van der Waals surface area contributed by atoms with Crippen LogP contribution in [0.1, 0.15) is 21.7 Å². The first-order valence-electron chi connectivity index (χ1n) is 9.05. The molecule has 11 nitrogen and oxygen atoms in total. The molecular weight excluding hydrogens is 438 g/mol. The number of aryl methyl sites for hydroxylation is 1. The van der Waals surface area contributed by atoms with E-state index in [0.717, 1.165) is 33.5 Å². The molecule has 2 heterocycles. The number of rotatable bonds is 6. The smallest absolute Gasteiger partial charge is 0.281 e. The molecule has 0 aliphatic rings. The molecule has 0 N–H and O–H groups in total. The zero-order valence-electron chi connectivity index (χ0n) is 16.4. The number of carbonyl (C=O) groups excluding carboxylic acids is 1. The van der Waals surface area contributed by atoms with Crippen molar-refractivity contribution in [3.63, 3.8) is 0 Å². The molecule has 0 radical (unpaired) electrons. The van der Waals surface area contributed by atoms with E-state index in [1.807, 2.05) is 19.1 Å². The lowest BCUT2D eigenvalue weighted by Gasteiger charge is -2.13. The van der Waals surface area contributed by atoms with Crippen LogP contribution in [0.15, 0.2) is 64.3 Å². The minimum atomic E-state index is -0.824. The van der Waals surface area contributed by atoms with E-state index in [9.17, 15) is 25.0 Å². The summed E-state index contributed by atoms with van der Waals surface area (Å²) in [5.41, 5.74) is 0.179. The molecule has 160 valence electrons. The van der Waals surface area contributed by atoms with E-state index in [-0.39, 0.29) is 10.7 Å². The van der Waals surface area contributed by atoms with E-state index in [0.29, 0.717) is 11.3 Å². The van der Waals surface area contributed by atoms with Crippen molar-refractivity contribution in [2.45, 2.75) is 6.92 Å². The van der Waals surface area contributed by atoms with Crippen molar-refractivity contribution in [2.24, 2.45) is 5.10 Å². The van der Waals surface area contributed by atoms with Crippen LogP contribution < -0.4 is 5.01 Å². The van der Waals surface area contributed by atoms with Crippen molar-refractivity contribution in [3.8, 4) is 0 Å². The highest BCUT2D eigenvalue weighted by Crippen LogP contribution is 2.32. The Kier molecular flexibility index (Phi) is 5.43. The van der Waals surface area contributed by atoms with Crippen LogP contribution in [0.5, 0.6) is 0 Å². The van der Waals surface area contributed by atoms with Gasteiger partial charge in [0.05, 0.1) is 44.2 Å². The summed E-state index contributed by atoms with van der Waals surface area (Å²) in [7, 11) is 0. The SMILES string of the molecule is Cc1ccc2nc(N(/N=C/c3ccco3)C(=O)c3cc([N+](=O)[O-])cc([N+](=O)[O-])c3)sc2c1. The molecular formula is C20H13N5O6S. The molecule has 0 aliphatic heterocycles. The summed E-state index contributed by atoms with van der Waals surface area (Å²) in [6.45, 7) is 1.92. The van der Waals surface area contributed by atoms with Gasteiger partial charge in [0.25, 0.3) is 17.3 Å². The molecule has 0 spiro atoms. The fourth-order valence-corrected chi connectivity index (χ4v) is 3.85. The number of furan rings is 1. The Morgan fingerprint density at radius 3 is 2.47 bits per heavy atom. The second-order valence-electron chi connectivity index (χ2n) is 6.60. The fourth-order valence-electron chi connectivity index (χ4n) is 2.83. The Morgan fingerprint density at radius 2 is 1.84 bits per heavy atom. The predicted molar refractivity (Wildman–Crippen MR) is 117 cm³/mol. The second kappa shape index (κ2) is 8.35. The van der Waals surface area contributed by atoms with Crippen LogP contribution in [-0.4, -0.2) is 27.0 Å². The van der Waals surface area contributed by atoms with Crippen LogP contribution >= 0.6 is 11.3 Å². The lowest BCUT2D eigenvalue weighted by Crippen LogP contribution is -2.25. The normalized spacial score (nSPS) is 11.2. The first kappa shape index (κ1) is 20.8. The largest absolute Gasteiger partial charge is 0.463 e. The molecule has 2 aromatic heterocycles. The number of thiazole rings is 1. The van der Waals surface area contributed by atoms with Crippen molar-refractivity contribution < 1.29 is 19.1 Å². The molecule has 12 heteroatoms. The average molecular weight is 451 g/mol. The summed E-state index contributed by atoms with van der Waals surface area (Å²) >= 11 is 1.18. The van der Waals surface area contributed by atoms with Gasteiger partial charge in [0.1, 0.15) is 5.76 Å². The highest BCUT2D eigenvalue weighted by Gasteiger charge is 2.26. The molecule has 0 aliphatic carbocycles. The van der Waals surface area contributed by atoms with Crippen molar-refractivity contribution in [3.05, 3.63) is 91.9 Å². The van der Waals surface area contributed by atoms with Gasteiger partial charge in [0.15, 0.2) is 0 Å². The van der Waals surface area contributed by atoms with Gasteiger partial charge in [0, 0.05) is 12.1 Å². The van der Waals surface area contributed by atoms with Gasteiger partial charge in [-0.05, 0) is 36.8 Å². The van der Waals surface area contributed by atoms with E-state index >= 15 is 0 Å². The minimum Gasteiger partial charge on any atom is -0.463 e. The molecule has 0 unspecified atom stereocenters. The van der Waals surface area contributed by atoms with Crippen molar-refractivity contribution in [1.82, 2.24) is 4.98 Å². The Bertz CT molecular complexity index is 1350. The van der Waals surface area contributed by atoms with Gasteiger partial charge in [-0.25, -0.2) is 4.98 Å². The molecule has 0 saturated heterocycles. The first-order valence-corrected chi connectivity index (χ1v) is 9.86. The average Bonchev–Trinajstić information content (AvgIpc) is 3.42. The van der Waals surface area contributed by atoms with E-state index in [4.69, 9.17) is 4.42 Å². The Labute approximate surface area is 183 Å². The zero-order valence-corrected chi connectivity index (χ0v) is 17.2. The molecule has 4 rings (SSSR count). The molecule has 0 bridgehead atoms. The van der Waals surface area contributed by atoms with Gasteiger partial charge in [-0.3, -0.25) is 25.0 Å². The Morgan fingerprint density at radius 1 is 1.12 bits per heavy atom. The van der Waals surface area contributed by atoms with Crippen molar-refractivity contribution in [2.75, 3.05) is 5.01 Å². The first-order chi connectivity index (χ1) is 15.3. The lowest BCUT2D eigenvalue weighted by atomic mass is 10.1. The van der Waals surface area contributed by atoms with E-state index < -0.39 is 27.1 Å². The van der Waals surface area contributed by atoms with Gasteiger partial charge < -0.3 is 4.42 Å². The van der Waals surface area contributed by atoms with Gasteiger partial charge in [-0.1, -0.05) is 17.4 Å². The number of nitro groups is 2. The number of hydrogen-bond acceptors (Lipinski definition) is 9. The number of anilines is 1. The van der Waals surface area contributed by atoms with Crippen LogP contribution in [0, 0.1) is 27.2 Å². The molecule has 4 aromatic rings. The third-order valence-electron chi connectivity index (χ3n) is 4.32. The number of hydrogen-bond donors (Lipinski definition) is 0. The summed E-state index contributed by atoms with van der Waals surface area (Å²) in [5, 5.41) is 27.7. The third kappa shape index (κ3) is 4.20. The molecule has 0 saturated carbocycles. The summed E-state index contributed by atoms with van der Waals surface area (Å²) in [5.74, 6) is -0.472. The second-order valence-corrected chi connectivity index (χ2v) is 7.61. The van der Waals surface area contributed by atoms with Gasteiger partial charge in [-0.2, -0.15) is 10.1 Å². The number of aromatic nitrogens is 1. The van der Waals surface area contributed by atoms with Crippen LogP contribution in [0.2, 0.25) is 0 Å². The molecule has 0 atom stereocenters. The van der Waals surface area contributed by atoms with Gasteiger partial charge in [-0.15, -0.1) is 0 Å². The highest BCUT2D eigenvalue weighted by molar-refractivity contribution is 7.22. The van der Waals surface area contributed by atoms with Crippen molar-refractivity contribution in [1.29, 1.82) is 0 Å². The molecule has 32 heavy (non-hydrogen) atoms. The van der Waals surface area contributed by atoms with E-state index in [2.05, 4.69) is 10.1 Å². The number of hydrazone groups is 1. The van der Waals surface area contributed by atoms with Gasteiger partial charge in [0.2, 0.25) is 5.13 Å². The number of nitro benzene ring substituents is 2. The number of amides is 1. The summed E-state index contributed by atoms with van der Waals surface area (Å²) in [6, 6.07) is 11.5. The zero-order chi connectivity index (χ0) is 22.8. The monoisotopic (exact) mass is 451 g/mol. The highest BCUT2D eigenvalue weighted by atomic mass is 32.1. The summed E-state index contributed by atoms with van der Waals surface area (Å²) in [4.78, 5) is 38.6. The number of fused-ring (bicyclic) bond motifs is 1. The number of non-ortho nitro benzene ring substituents is 2.